The highest BCUT2D eigenvalue weighted by Gasteiger charge is 2.25. The van der Waals surface area contributed by atoms with Crippen molar-refractivity contribution in [1.29, 1.82) is 0 Å². The van der Waals surface area contributed by atoms with Gasteiger partial charge in [0.25, 0.3) is 0 Å². The van der Waals surface area contributed by atoms with Gasteiger partial charge in [-0.1, -0.05) is 51.1 Å². The number of hydrogen-bond acceptors (Lipinski definition) is 2. The van der Waals surface area contributed by atoms with Crippen LogP contribution in [0.4, 0.5) is 4.79 Å². The van der Waals surface area contributed by atoms with Crippen LogP contribution in [0.1, 0.15) is 33.3 Å². The van der Waals surface area contributed by atoms with Gasteiger partial charge in [0.05, 0.1) is 0 Å². The van der Waals surface area contributed by atoms with Gasteiger partial charge in [-0.15, -0.1) is 0 Å². The second-order valence-corrected chi connectivity index (χ2v) is 6.29. The SMILES string of the molecule is CC(NC(=O)N[C@H](Cc1ccccc1)C(=O)O)C(C)(C)C. The molecule has 0 aromatic heterocycles. The Morgan fingerprint density at radius 3 is 2.19 bits per heavy atom. The van der Waals surface area contributed by atoms with Gasteiger partial charge in [0.2, 0.25) is 0 Å². The average Bonchev–Trinajstić information content (AvgIpc) is 2.37. The number of benzene rings is 1. The number of carbonyl (C=O) groups is 2. The van der Waals surface area contributed by atoms with Crippen LogP contribution in [0.25, 0.3) is 0 Å². The number of nitrogens with one attached hydrogen (secondary N) is 2. The van der Waals surface area contributed by atoms with Crippen LogP contribution in [0.3, 0.4) is 0 Å². The molecule has 1 aromatic carbocycles. The van der Waals surface area contributed by atoms with Gasteiger partial charge in [-0.2, -0.15) is 0 Å². The highest BCUT2D eigenvalue weighted by Crippen LogP contribution is 2.18. The van der Waals surface area contributed by atoms with Crippen molar-refractivity contribution in [3.05, 3.63) is 35.9 Å². The zero-order chi connectivity index (χ0) is 16.0. The molecule has 1 rings (SSSR count). The number of carboxylic acid groups (broad SMARTS) is 1. The lowest BCUT2D eigenvalue weighted by atomic mass is 9.88. The normalized spacial score (nSPS) is 14.1. The molecule has 0 radical (unpaired) electrons. The maximum Gasteiger partial charge on any atom is 0.326 e. The molecule has 0 aliphatic carbocycles. The fourth-order valence-electron chi connectivity index (χ4n) is 1.66. The summed E-state index contributed by atoms with van der Waals surface area (Å²) in [5.41, 5.74) is 0.782. The molecule has 0 saturated heterocycles. The molecule has 2 amide bonds. The second kappa shape index (κ2) is 7.11. The molecule has 21 heavy (non-hydrogen) atoms. The largest absolute Gasteiger partial charge is 0.480 e. The lowest BCUT2D eigenvalue weighted by Gasteiger charge is -2.28. The van der Waals surface area contributed by atoms with Crippen molar-refractivity contribution in [1.82, 2.24) is 10.6 Å². The van der Waals surface area contributed by atoms with Crippen molar-refractivity contribution in [3.8, 4) is 0 Å². The van der Waals surface area contributed by atoms with Crippen molar-refractivity contribution < 1.29 is 14.7 Å². The van der Waals surface area contributed by atoms with Crippen molar-refractivity contribution in [2.45, 2.75) is 46.2 Å². The van der Waals surface area contributed by atoms with E-state index in [1.165, 1.54) is 0 Å². The first-order chi connectivity index (χ1) is 9.70. The first kappa shape index (κ1) is 17.0. The van der Waals surface area contributed by atoms with Crippen LogP contribution in [-0.2, 0) is 11.2 Å². The highest BCUT2D eigenvalue weighted by molar-refractivity contribution is 5.82. The molecular weight excluding hydrogens is 268 g/mol. The molecule has 0 aliphatic rings. The van der Waals surface area contributed by atoms with Gasteiger partial charge in [-0.3, -0.25) is 0 Å². The molecule has 0 fully saturated rings. The number of urea groups is 1. The molecule has 0 spiro atoms. The Morgan fingerprint density at radius 1 is 1.14 bits per heavy atom. The van der Waals surface area contributed by atoms with E-state index in [1.807, 2.05) is 58.0 Å². The Labute approximate surface area is 125 Å². The molecule has 5 heteroatoms. The Bertz CT molecular complexity index is 480. The molecule has 3 N–H and O–H groups in total. The lowest BCUT2D eigenvalue weighted by molar-refractivity contribution is -0.139. The summed E-state index contributed by atoms with van der Waals surface area (Å²) < 4.78 is 0. The fourth-order valence-corrected chi connectivity index (χ4v) is 1.66. The van der Waals surface area contributed by atoms with Crippen LogP contribution in [0, 0.1) is 5.41 Å². The van der Waals surface area contributed by atoms with Crippen molar-refractivity contribution in [3.63, 3.8) is 0 Å². The average molecular weight is 292 g/mol. The number of amides is 2. The van der Waals surface area contributed by atoms with Gasteiger partial charge >= 0.3 is 12.0 Å². The summed E-state index contributed by atoms with van der Waals surface area (Å²) in [4.78, 5) is 23.2. The van der Waals surface area contributed by atoms with Crippen molar-refractivity contribution in [2.24, 2.45) is 5.41 Å². The maximum absolute atomic E-state index is 11.9. The van der Waals surface area contributed by atoms with E-state index in [-0.39, 0.29) is 17.9 Å². The first-order valence-electron chi connectivity index (χ1n) is 7.04. The fraction of sp³-hybridized carbons (Fsp3) is 0.500. The molecular formula is C16H24N2O3. The van der Waals surface area contributed by atoms with Gasteiger partial charge in [0, 0.05) is 12.5 Å². The molecule has 0 aliphatic heterocycles. The van der Waals surface area contributed by atoms with Gasteiger partial charge in [-0.25, -0.2) is 9.59 Å². The molecule has 0 bridgehead atoms. The minimum absolute atomic E-state index is 0.0660. The number of carboxylic acids is 1. The predicted molar refractivity (Wildman–Crippen MR) is 82.2 cm³/mol. The molecule has 2 atom stereocenters. The summed E-state index contributed by atoms with van der Waals surface area (Å²) in [6.07, 6.45) is 0.257. The monoisotopic (exact) mass is 292 g/mol. The van der Waals surface area contributed by atoms with Crippen molar-refractivity contribution >= 4 is 12.0 Å². The summed E-state index contributed by atoms with van der Waals surface area (Å²) >= 11 is 0. The smallest absolute Gasteiger partial charge is 0.326 e. The number of hydrogen-bond donors (Lipinski definition) is 3. The zero-order valence-electron chi connectivity index (χ0n) is 13.0. The Hall–Kier alpha value is -2.04. The van der Waals surface area contributed by atoms with E-state index in [0.717, 1.165) is 5.56 Å². The maximum atomic E-state index is 11.9. The molecule has 5 nitrogen and oxygen atoms in total. The van der Waals surface area contributed by atoms with Crippen LogP contribution in [0.2, 0.25) is 0 Å². The van der Waals surface area contributed by atoms with Crippen LogP contribution >= 0.6 is 0 Å². The minimum Gasteiger partial charge on any atom is -0.480 e. The van der Waals surface area contributed by atoms with Gasteiger partial charge in [-0.05, 0) is 17.9 Å². The Morgan fingerprint density at radius 2 is 1.71 bits per heavy atom. The molecule has 0 heterocycles. The minimum atomic E-state index is -1.04. The second-order valence-electron chi connectivity index (χ2n) is 6.29. The van der Waals surface area contributed by atoms with E-state index in [4.69, 9.17) is 0 Å². The van der Waals surface area contributed by atoms with Crippen LogP contribution in [-0.4, -0.2) is 29.2 Å². The quantitative estimate of drug-likeness (QED) is 0.780. The Balaban J connectivity index is 2.63. The molecule has 0 saturated carbocycles. The third-order valence-electron chi connectivity index (χ3n) is 3.53. The summed E-state index contributed by atoms with van der Waals surface area (Å²) in [7, 11) is 0. The number of carbonyl (C=O) groups excluding carboxylic acids is 1. The summed E-state index contributed by atoms with van der Waals surface area (Å²) in [5.74, 6) is -1.04. The number of aliphatic carboxylic acids is 1. The van der Waals surface area contributed by atoms with Crippen molar-refractivity contribution in [2.75, 3.05) is 0 Å². The highest BCUT2D eigenvalue weighted by atomic mass is 16.4. The van der Waals surface area contributed by atoms with Gasteiger partial charge in [0.15, 0.2) is 0 Å². The molecule has 1 unspecified atom stereocenters. The van der Waals surface area contributed by atoms with E-state index >= 15 is 0 Å². The van der Waals surface area contributed by atoms with E-state index in [1.54, 1.807) is 0 Å². The van der Waals surface area contributed by atoms with E-state index in [0.29, 0.717) is 0 Å². The topological polar surface area (TPSA) is 78.4 Å². The Kier molecular flexibility index (Phi) is 5.76. The van der Waals surface area contributed by atoms with Crippen LogP contribution in [0.5, 0.6) is 0 Å². The van der Waals surface area contributed by atoms with E-state index in [2.05, 4.69) is 10.6 Å². The third kappa shape index (κ3) is 5.85. The summed E-state index contributed by atoms with van der Waals surface area (Å²) in [6, 6.07) is 7.76. The first-order valence-corrected chi connectivity index (χ1v) is 7.04. The third-order valence-corrected chi connectivity index (χ3v) is 3.53. The number of rotatable bonds is 5. The van der Waals surface area contributed by atoms with Crippen LogP contribution < -0.4 is 10.6 Å². The summed E-state index contributed by atoms with van der Waals surface area (Å²) in [6.45, 7) is 7.93. The molecule has 1 aromatic rings. The lowest BCUT2D eigenvalue weighted by Crippen LogP contribution is -2.51. The standard InChI is InChI=1S/C16H24N2O3/c1-11(16(2,3)4)17-15(21)18-13(14(19)20)10-12-8-6-5-7-9-12/h5-9,11,13H,10H2,1-4H3,(H,19,20)(H2,17,18,21)/t11?,13-/m1/s1. The van der Waals surface area contributed by atoms with E-state index < -0.39 is 18.0 Å². The molecule has 116 valence electrons. The van der Waals surface area contributed by atoms with E-state index in [9.17, 15) is 14.7 Å². The van der Waals surface area contributed by atoms with Gasteiger partial charge < -0.3 is 15.7 Å². The van der Waals surface area contributed by atoms with Crippen LogP contribution in [0.15, 0.2) is 30.3 Å². The van der Waals surface area contributed by atoms with Gasteiger partial charge in [0.1, 0.15) is 6.04 Å². The summed E-state index contributed by atoms with van der Waals surface area (Å²) in [5, 5.41) is 14.5. The zero-order valence-corrected chi connectivity index (χ0v) is 13.0. The predicted octanol–water partition coefficient (Wildman–Crippen LogP) is 2.42.